The molecule has 1 heterocycles. The molecule has 0 fully saturated rings. The highest BCUT2D eigenvalue weighted by Gasteiger charge is 2.01. The van der Waals surface area contributed by atoms with Crippen molar-refractivity contribution in [1.82, 2.24) is 10.3 Å². The second kappa shape index (κ2) is 8.67. The van der Waals surface area contributed by atoms with E-state index in [0.29, 0.717) is 0 Å². The van der Waals surface area contributed by atoms with Gasteiger partial charge < -0.3 is 10.1 Å². The van der Waals surface area contributed by atoms with Gasteiger partial charge >= 0.3 is 0 Å². The Morgan fingerprint density at radius 3 is 2.71 bits per heavy atom. The summed E-state index contributed by atoms with van der Waals surface area (Å²) in [5.41, 5.74) is 2.22. The van der Waals surface area contributed by atoms with Crippen molar-refractivity contribution in [2.24, 2.45) is 0 Å². The molecule has 0 atom stereocenters. The zero-order chi connectivity index (χ0) is 16.6. The lowest BCUT2D eigenvalue weighted by atomic mass is 10.2. The second-order valence-electron chi connectivity index (χ2n) is 5.69. The third-order valence-electron chi connectivity index (χ3n) is 3.85. The molecule has 0 amide bonds. The van der Waals surface area contributed by atoms with Crippen LogP contribution in [0.15, 0.2) is 60.8 Å². The number of aromatic nitrogens is 1. The molecule has 0 aliphatic rings. The molecular weight excluding hydrogens is 320 g/mol. The summed E-state index contributed by atoms with van der Waals surface area (Å²) >= 11 is 5.88. The molecule has 0 aliphatic heterocycles. The van der Waals surface area contributed by atoms with E-state index in [2.05, 4.69) is 10.3 Å². The van der Waals surface area contributed by atoms with E-state index in [0.717, 1.165) is 54.2 Å². The smallest absolute Gasteiger partial charge is 0.128 e. The minimum atomic E-state index is 0.719. The number of halogens is 1. The maximum atomic E-state index is 5.91. The Morgan fingerprint density at radius 1 is 0.958 bits per heavy atom. The van der Waals surface area contributed by atoms with E-state index in [9.17, 15) is 0 Å². The molecule has 0 radical (unpaired) electrons. The highest BCUT2D eigenvalue weighted by atomic mass is 35.5. The summed E-state index contributed by atoms with van der Waals surface area (Å²) < 4.78 is 5.91. The number of nitrogens with one attached hydrogen (secondary N) is 1. The van der Waals surface area contributed by atoms with E-state index in [4.69, 9.17) is 16.3 Å². The highest BCUT2D eigenvalue weighted by Crippen LogP contribution is 2.23. The van der Waals surface area contributed by atoms with E-state index in [-0.39, 0.29) is 0 Å². The summed E-state index contributed by atoms with van der Waals surface area (Å²) in [5, 5.41) is 5.29. The fourth-order valence-corrected chi connectivity index (χ4v) is 2.70. The number of hydrogen-bond donors (Lipinski definition) is 1. The van der Waals surface area contributed by atoms with Gasteiger partial charge in [0.25, 0.3) is 0 Å². The van der Waals surface area contributed by atoms with E-state index in [1.165, 1.54) is 5.56 Å². The molecule has 3 aromatic rings. The molecule has 0 aliphatic carbocycles. The number of ether oxygens (including phenoxy) is 1. The monoisotopic (exact) mass is 340 g/mol. The van der Waals surface area contributed by atoms with Gasteiger partial charge in [0.05, 0.1) is 12.1 Å². The van der Waals surface area contributed by atoms with Crippen molar-refractivity contribution in [3.63, 3.8) is 0 Å². The van der Waals surface area contributed by atoms with Gasteiger partial charge in [-0.25, -0.2) is 0 Å². The Morgan fingerprint density at radius 2 is 1.83 bits per heavy atom. The van der Waals surface area contributed by atoms with Crippen LogP contribution in [0.1, 0.15) is 18.4 Å². The maximum absolute atomic E-state index is 5.91. The lowest BCUT2D eigenvalue weighted by molar-refractivity contribution is 0.309. The Bertz CT molecular complexity index is 769. The van der Waals surface area contributed by atoms with Gasteiger partial charge in [-0.1, -0.05) is 29.8 Å². The number of unbranched alkanes of at least 4 members (excludes halogenated alkanes) is 1. The summed E-state index contributed by atoms with van der Waals surface area (Å²) in [4.78, 5) is 4.35. The van der Waals surface area contributed by atoms with Crippen molar-refractivity contribution in [3.8, 4) is 5.75 Å². The minimum absolute atomic E-state index is 0.719. The van der Waals surface area contributed by atoms with Crippen LogP contribution in [0.4, 0.5) is 0 Å². The predicted molar refractivity (Wildman–Crippen MR) is 99.6 cm³/mol. The third-order valence-corrected chi connectivity index (χ3v) is 4.11. The van der Waals surface area contributed by atoms with Crippen molar-refractivity contribution >= 4 is 22.5 Å². The first-order valence-corrected chi connectivity index (χ1v) is 8.62. The molecule has 3 nitrogen and oxygen atoms in total. The van der Waals surface area contributed by atoms with Gasteiger partial charge in [0, 0.05) is 23.2 Å². The molecule has 24 heavy (non-hydrogen) atoms. The van der Waals surface area contributed by atoms with E-state index in [1.54, 1.807) is 6.20 Å². The molecule has 0 spiro atoms. The number of rotatable bonds is 8. The molecule has 0 unspecified atom stereocenters. The van der Waals surface area contributed by atoms with Crippen LogP contribution in [0.2, 0.25) is 5.02 Å². The molecule has 0 saturated heterocycles. The standard InChI is InChI=1S/C20H21ClN2O/c21-17-10-8-16(9-11-17)15-22-12-1-2-14-24-20-7-3-6-19-18(20)5-4-13-23-19/h3-11,13,22H,1-2,12,14-15H2. The lowest BCUT2D eigenvalue weighted by Gasteiger charge is -2.09. The van der Waals surface area contributed by atoms with Crippen LogP contribution >= 0.6 is 11.6 Å². The summed E-state index contributed by atoms with van der Waals surface area (Å²) in [7, 11) is 0. The normalized spacial score (nSPS) is 10.9. The second-order valence-corrected chi connectivity index (χ2v) is 6.12. The largest absolute Gasteiger partial charge is 0.493 e. The van der Waals surface area contributed by atoms with Gasteiger partial charge in [-0.2, -0.15) is 0 Å². The Balaban J connectivity index is 1.36. The first-order valence-electron chi connectivity index (χ1n) is 8.24. The number of benzene rings is 2. The Hall–Kier alpha value is -2.10. The summed E-state index contributed by atoms with van der Waals surface area (Å²) in [6.07, 6.45) is 3.90. The summed E-state index contributed by atoms with van der Waals surface area (Å²) in [6.45, 7) is 2.56. The average molecular weight is 341 g/mol. The quantitative estimate of drug-likeness (QED) is 0.596. The first kappa shape index (κ1) is 16.7. The Kier molecular flexibility index (Phi) is 6.05. The van der Waals surface area contributed by atoms with Crippen molar-refractivity contribution in [3.05, 3.63) is 71.4 Å². The van der Waals surface area contributed by atoms with E-state index in [1.807, 2.05) is 54.6 Å². The maximum Gasteiger partial charge on any atom is 0.128 e. The molecule has 3 rings (SSSR count). The lowest BCUT2D eigenvalue weighted by Crippen LogP contribution is -2.15. The zero-order valence-corrected chi connectivity index (χ0v) is 14.3. The summed E-state index contributed by atoms with van der Waals surface area (Å²) in [5.74, 6) is 0.912. The van der Waals surface area contributed by atoms with Crippen LogP contribution in [-0.4, -0.2) is 18.1 Å². The summed E-state index contributed by atoms with van der Waals surface area (Å²) in [6, 6.07) is 17.9. The molecule has 4 heteroatoms. The number of fused-ring (bicyclic) bond motifs is 1. The van der Waals surface area contributed by atoms with Crippen molar-refractivity contribution in [2.45, 2.75) is 19.4 Å². The number of nitrogens with zero attached hydrogens (tertiary/aromatic N) is 1. The van der Waals surface area contributed by atoms with Gasteiger partial charge in [0.1, 0.15) is 5.75 Å². The van der Waals surface area contributed by atoms with Gasteiger partial charge in [0.15, 0.2) is 0 Å². The molecule has 1 aromatic heterocycles. The van der Waals surface area contributed by atoms with Crippen molar-refractivity contribution in [1.29, 1.82) is 0 Å². The third kappa shape index (κ3) is 4.70. The predicted octanol–water partition coefficient (Wildman–Crippen LogP) is 4.84. The van der Waals surface area contributed by atoms with Crippen molar-refractivity contribution in [2.75, 3.05) is 13.2 Å². The molecule has 124 valence electrons. The van der Waals surface area contributed by atoms with E-state index < -0.39 is 0 Å². The van der Waals surface area contributed by atoms with Crippen LogP contribution in [0.3, 0.4) is 0 Å². The first-order chi connectivity index (χ1) is 11.8. The fraction of sp³-hybridized carbons (Fsp3) is 0.250. The van der Waals surface area contributed by atoms with Crippen LogP contribution in [0.5, 0.6) is 5.75 Å². The fourth-order valence-electron chi connectivity index (χ4n) is 2.57. The highest BCUT2D eigenvalue weighted by molar-refractivity contribution is 6.30. The molecular formula is C20H21ClN2O. The van der Waals surface area contributed by atoms with Gasteiger partial charge in [0.2, 0.25) is 0 Å². The zero-order valence-electron chi connectivity index (χ0n) is 13.5. The molecule has 0 bridgehead atoms. The van der Waals surface area contributed by atoms with E-state index >= 15 is 0 Å². The SMILES string of the molecule is Clc1ccc(CNCCCCOc2cccc3ncccc23)cc1. The molecule has 1 N–H and O–H groups in total. The van der Waals surface area contributed by atoms with Crippen LogP contribution in [0.25, 0.3) is 10.9 Å². The molecule has 2 aromatic carbocycles. The van der Waals surface area contributed by atoms with Gasteiger partial charge in [-0.15, -0.1) is 0 Å². The molecule has 0 saturated carbocycles. The minimum Gasteiger partial charge on any atom is -0.493 e. The van der Waals surface area contributed by atoms with Gasteiger partial charge in [-0.3, -0.25) is 4.98 Å². The van der Waals surface area contributed by atoms with Crippen LogP contribution < -0.4 is 10.1 Å². The van der Waals surface area contributed by atoms with Crippen LogP contribution in [-0.2, 0) is 6.54 Å². The number of hydrogen-bond acceptors (Lipinski definition) is 3. The van der Waals surface area contributed by atoms with Gasteiger partial charge in [-0.05, 0) is 61.3 Å². The average Bonchev–Trinajstić information content (AvgIpc) is 2.62. The number of pyridine rings is 1. The topological polar surface area (TPSA) is 34.1 Å². The van der Waals surface area contributed by atoms with Crippen LogP contribution in [0, 0.1) is 0 Å². The van der Waals surface area contributed by atoms with Crippen molar-refractivity contribution < 1.29 is 4.74 Å². The Labute approximate surface area is 147 Å².